The molecule has 1 aliphatic heterocycles. The number of hydrogen-bond donors (Lipinski definition) is 1. The van der Waals surface area contributed by atoms with E-state index in [1.54, 1.807) is 0 Å². The molecule has 2 N–H and O–H groups in total. The minimum atomic E-state index is -0.689. The SMILES string of the molecule is CCCCN1CCC(Cc2cccc3c2n(CC2CC2)c(=O)n3C(N)=O)CC1. The maximum atomic E-state index is 12.9. The van der Waals surface area contributed by atoms with Gasteiger partial charge < -0.3 is 10.6 Å². The lowest BCUT2D eigenvalue weighted by Gasteiger charge is -2.32. The lowest BCUT2D eigenvalue weighted by atomic mass is 9.89. The summed E-state index contributed by atoms with van der Waals surface area (Å²) in [6.45, 7) is 6.48. The van der Waals surface area contributed by atoms with Gasteiger partial charge in [-0.1, -0.05) is 25.5 Å². The lowest BCUT2D eigenvalue weighted by Crippen LogP contribution is -2.35. The van der Waals surface area contributed by atoms with Crippen molar-refractivity contribution < 1.29 is 4.79 Å². The second kappa shape index (κ2) is 8.11. The van der Waals surface area contributed by atoms with Crippen molar-refractivity contribution in [3.63, 3.8) is 0 Å². The van der Waals surface area contributed by atoms with Crippen molar-refractivity contribution in [3.05, 3.63) is 34.2 Å². The topological polar surface area (TPSA) is 73.3 Å². The molecule has 0 bridgehead atoms. The van der Waals surface area contributed by atoms with Crippen molar-refractivity contribution in [1.82, 2.24) is 14.0 Å². The molecule has 0 spiro atoms. The van der Waals surface area contributed by atoms with Gasteiger partial charge in [0.15, 0.2) is 0 Å². The van der Waals surface area contributed by atoms with Crippen LogP contribution in [0.25, 0.3) is 11.0 Å². The van der Waals surface area contributed by atoms with E-state index in [0.717, 1.165) is 42.4 Å². The number of carbonyl (C=O) groups excluding carboxylic acids is 1. The molecule has 2 aromatic rings. The molecule has 1 saturated carbocycles. The summed E-state index contributed by atoms with van der Waals surface area (Å²) in [6, 6.07) is 5.24. The maximum absolute atomic E-state index is 12.9. The number of hydrogen-bond acceptors (Lipinski definition) is 3. The van der Waals surface area contributed by atoms with Crippen LogP contribution in [0.2, 0.25) is 0 Å². The van der Waals surface area contributed by atoms with Crippen molar-refractivity contribution in [2.45, 2.75) is 58.4 Å². The van der Waals surface area contributed by atoms with Gasteiger partial charge in [-0.2, -0.15) is 0 Å². The number of amides is 1. The maximum Gasteiger partial charge on any atom is 0.337 e. The lowest BCUT2D eigenvalue weighted by molar-refractivity contribution is 0.182. The quantitative estimate of drug-likeness (QED) is 0.797. The average Bonchev–Trinajstić information content (AvgIpc) is 3.45. The molecule has 0 atom stereocenters. The molecule has 0 radical (unpaired) electrons. The van der Waals surface area contributed by atoms with Gasteiger partial charge in [0.2, 0.25) is 0 Å². The zero-order chi connectivity index (χ0) is 19.7. The first-order valence-corrected chi connectivity index (χ1v) is 10.8. The number of aromatic nitrogens is 2. The van der Waals surface area contributed by atoms with Crippen LogP contribution in [0, 0.1) is 11.8 Å². The number of para-hydroxylation sites is 1. The molecule has 1 amide bonds. The number of carbonyl (C=O) groups is 1. The van der Waals surface area contributed by atoms with E-state index in [2.05, 4.69) is 17.9 Å². The number of piperidine rings is 1. The summed E-state index contributed by atoms with van der Waals surface area (Å²) in [5, 5.41) is 0. The van der Waals surface area contributed by atoms with Gasteiger partial charge in [-0.25, -0.2) is 14.2 Å². The molecule has 1 saturated heterocycles. The second-order valence-corrected chi connectivity index (χ2v) is 8.64. The summed E-state index contributed by atoms with van der Waals surface area (Å²) >= 11 is 0. The van der Waals surface area contributed by atoms with Crippen LogP contribution in [0.1, 0.15) is 51.0 Å². The molecular weight excluding hydrogens is 352 g/mol. The number of unbranched alkanes of at least 4 members (excludes halogenated alkanes) is 1. The van der Waals surface area contributed by atoms with Crippen LogP contribution in [0.3, 0.4) is 0 Å². The number of primary amides is 1. The van der Waals surface area contributed by atoms with Crippen LogP contribution in [0.15, 0.2) is 23.0 Å². The number of imidazole rings is 1. The molecule has 1 aliphatic carbocycles. The molecule has 6 heteroatoms. The largest absolute Gasteiger partial charge is 0.351 e. The van der Waals surface area contributed by atoms with Crippen LogP contribution in [-0.2, 0) is 13.0 Å². The van der Waals surface area contributed by atoms with Gasteiger partial charge in [-0.3, -0.25) is 4.57 Å². The van der Waals surface area contributed by atoms with Crippen molar-refractivity contribution in [3.8, 4) is 0 Å². The number of fused-ring (bicyclic) bond motifs is 1. The first-order valence-electron chi connectivity index (χ1n) is 10.8. The van der Waals surface area contributed by atoms with Gasteiger partial charge in [0.1, 0.15) is 0 Å². The first kappa shape index (κ1) is 19.2. The standard InChI is InChI=1S/C22H32N4O2/c1-2-3-11-24-12-9-16(10-13-24)14-18-5-4-6-19-20(18)25(15-17-7-8-17)22(28)26(19)21(23)27/h4-6,16-17H,2-3,7-15H2,1H3,(H2,23,27). The third-order valence-corrected chi connectivity index (χ3v) is 6.43. The summed E-state index contributed by atoms with van der Waals surface area (Å²) in [5.41, 5.74) is 8.02. The zero-order valence-corrected chi connectivity index (χ0v) is 16.9. The molecule has 2 aliphatic rings. The minimum Gasteiger partial charge on any atom is -0.351 e. The second-order valence-electron chi connectivity index (χ2n) is 8.64. The molecule has 2 fully saturated rings. The van der Waals surface area contributed by atoms with E-state index in [1.807, 2.05) is 16.7 Å². The summed E-state index contributed by atoms with van der Waals surface area (Å²) in [4.78, 5) is 27.4. The third kappa shape index (κ3) is 3.88. The van der Waals surface area contributed by atoms with Gasteiger partial charge in [0, 0.05) is 6.54 Å². The van der Waals surface area contributed by atoms with E-state index in [1.165, 1.54) is 37.8 Å². The zero-order valence-electron chi connectivity index (χ0n) is 16.9. The van der Waals surface area contributed by atoms with E-state index in [4.69, 9.17) is 5.73 Å². The predicted octanol–water partition coefficient (Wildman–Crippen LogP) is 3.19. The Bertz CT molecular complexity index is 901. The van der Waals surface area contributed by atoms with Crippen LogP contribution in [0.5, 0.6) is 0 Å². The third-order valence-electron chi connectivity index (χ3n) is 6.43. The number of benzene rings is 1. The number of rotatable bonds is 7. The summed E-state index contributed by atoms with van der Waals surface area (Å²) in [7, 11) is 0. The smallest absolute Gasteiger partial charge is 0.337 e. The highest BCUT2D eigenvalue weighted by Gasteiger charge is 2.27. The highest BCUT2D eigenvalue weighted by atomic mass is 16.2. The predicted molar refractivity (Wildman–Crippen MR) is 112 cm³/mol. The molecule has 4 rings (SSSR count). The number of nitrogens with two attached hydrogens (primary N) is 1. The van der Waals surface area contributed by atoms with E-state index < -0.39 is 6.03 Å². The molecule has 28 heavy (non-hydrogen) atoms. The van der Waals surface area contributed by atoms with Gasteiger partial charge in [0.05, 0.1) is 11.0 Å². The molecule has 1 aromatic heterocycles. The normalized spacial score (nSPS) is 18.8. The van der Waals surface area contributed by atoms with Crippen molar-refractivity contribution in [2.24, 2.45) is 17.6 Å². The van der Waals surface area contributed by atoms with Crippen LogP contribution in [-0.4, -0.2) is 39.7 Å². The summed E-state index contributed by atoms with van der Waals surface area (Å²) in [5.74, 6) is 1.18. The fraction of sp³-hybridized carbons (Fsp3) is 0.636. The Morgan fingerprint density at radius 1 is 1.14 bits per heavy atom. The van der Waals surface area contributed by atoms with E-state index in [0.29, 0.717) is 23.9 Å². The minimum absolute atomic E-state index is 0.281. The molecular formula is C22H32N4O2. The van der Waals surface area contributed by atoms with Gasteiger partial charge >= 0.3 is 11.7 Å². The van der Waals surface area contributed by atoms with Gasteiger partial charge in [-0.05, 0) is 81.6 Å². The molecule has 1 aromatic carbocycles. The summed E-state index contributed by atoms with van der Waals surface area (Å²) in [6.07, 6.45) is 8.20. The van der Waals surface area contributed by atoms with Crippen molar-refractivity contribution in [2.75, 3.05) is 19.6 Å². The fourth-order valence-electron chi connectivity index (χ4n) is 4.60. The summed E-state index contributed by atoms with van der Waals surface area (Å²) < 4.78 is 2.96. The monoisotopic (exact) mass is 384 g/mol. The molecule has 6 nitrogen and oxygen atoms in total. The fourth-order valence-corrected chi connectivity index (χ4v) is 4.60. The van der Waals surface area contributed by atoms with Crippen LogP contribution in [0.4, 0.5) is 4.79 Å². The van der Waals surface area contributed by atoms with Crippen LogP contribution >= 0.6 is 0 Å². The Morgan fingerprint density at radius 2 is 1.89 bits per heavy atom. The van der Waals surface area contributed by atoms with E-state index in [-0.39, 0.29) is 5.69 Å². The van der Waals surface area contributed by atoms with Crippen molar-refractivity contribution >= 4 is 17.1 Å². The highest BCUT2D eigenvalue weighted by Crippen LogP contribution is 2.32. The van der Waals surface area contributed by atoms with Crippen molar-refractivity contribution in [1.29, 1.82) is 0 Å². The number of likely N-dealkylation sites (tertiary alicyclic amines) is 1. The Morgan fingerprint density at radius 3 is 2.54 bits per heavy atom. The Balaban J connectivity index is 1.60. The Kier molecular flexibility index (Phi) is 5.58. The van der Waals surface area contributed by atoms with E-state index >= 15 is 0 Å². The molecule has 2 heterocycles. The average molecular weight is 385 g/mol. The van der Waals surface area contributed by atoms with Gasteiger partial charge in [-0.15, -0.1) is 0 Å². The Labute approximate surface area is 166 Å². The highest BCUT2D eigenvalue weighted by molar-refractivity contribution is 5.90. The Hall–Kier alpha value is -2.08. The van der Waals surface area contributed by atoms with Crippen LogP contribution < -0.4 is 11.4 Å². The van der Waals surface area contributed by atoms with Gasteiger partial charge in [0.25, 0.3) is 0 Å². The number of nitrogens with zero attached hydrogens (tertiary/aromatic N) is 3. The molecule has 0 unspecified atom stereocenters. The molecule has 152 valence electrons. The first-order chi connectivity index (χ1) is 13.6. The van der Waals surface area contributed by atoms with E-state index in [9.17, 15) is 9.59 Å².